The molecule has 2 heterocycles. The van der Waals surface area contributed by atoms with Gasteiger partial charge in [0.05, 0.1) is 24.0 Å². The number of ether oxygens (including phenoxy) is 1. The van der Waals surface area contributed by atoms with Crippen LogP contribution in [0.4, 0.5) is 0 Å². The van der Waals surface area contributed by atoms with Gasteiger partial charge in [0.15, 0.2) is 11.5 Å². The summed E-state index contributed by atoms with van der Waals surface area (Å²) < 4.78 is 11.0. The predicted molar refractivity (Wildman–Crippen MR) is 127 cm³/mol. The molecular formula is C26H32N2O5. The Kier molecular flexibility index (Phi) is 8.11. The van der Waals surface area contributed by atoms with Gasteiger partial charge in [-0.15, -0.1) is 0 Å². The molecule has 176 valence electrons. The van der Waals surface area contributed by atoms with Crippen LogP contribution in [0.2, 0.25) is 0 Å². The summed E-state index contributed by atoms with van der Waals surface area (Å²) in [6.07, 6.45) is 4.40. The van der Waals surface area contributed by atoms with Gasteiger partial charge >= 0.3 is 0 Å². The normalized spacial score (nSPS) is 16.6. The summed E-state index contributed by atoms with van der Waals surface area (Å²) in [5.41, 5.74) is 0.803. The standard InChI is InChI=1S/C26H32N2O5/c1-5-27(6-2)15-16-28-24(19-9-11-21(12-10-19)33-18(3)4)23(25(30)26(28)31)22(29)14-13-20-8-7-17-32-20/h7-14,17-18,24,30H,5-6,15-16H2,1-4H3/b14-13+. The number of furan rings is 1. The van der Waals surface area contributed by atoms with E-state index in [2.05, 4.69) is 18.7 Å². The number of benzene rings is 1. The maximum Gasteiger partial charge on any atom is 0.290 e. The van der Waals surface area contributed by atoms with E-state index in [1.54, 1.807) is 17.0 Å². The van der Waals surface area contributed by atoms with E-state index in [9.17, 15) is 14.7 Å². The van der Waals surface area contributed by atoms with Crippen molar-refractivity contribution in [2.45, 2.75) is 39.8 Å². The molecule has 0 aliphatic carbocycles. The zero-order chi connectivity index (χ0) is 24.0. The first-order valence-electron chi connectivity index (χ1n) is 11.3. The van der Waals surface area contributed by atoms with E-state index >= 15 is 0 Å². The molecule has 1 aromatic heterocycles. The van der Waals surface area contributed by atoms with Crippen molar-refractivity contribution in [3.05, 3.63) is 71.4 Å². The van der Waals surface area contributed by atoms with Crippen LogP contribution in [-0.2, 0) is 9.59 Å². The number of hydrogen-bond acceptors (Lipinski definition) is 6. The fourth-order valence-electron chi connectivity index (χ4n) is 3.91. The zero-order valence-electron chi connectivity index (χ0n) is 19.7. The molecule has 7 nitrogen and oxygen atoms in total. The highest BCUT2D eigenvalue weighted by molar-refractivity contribution is 6.14. The van der Waals surface area contributed by atoms with E-state index in [-0.39, 0.29) is 11.7 Å². The third-order valence-corrected chi connectivity index (χ3v) is 5.63. The van der Waals surface area contributed by atoms with Gasteiger partial charge in [0.25, 0.3) is 5.91 Å². The van der Waals surface area contributed by atoms with E-state index < -0.39 is 23.5 Å². The van der Waals surface area contributed by atoms with Crippen LogP contribution < -0.4 is 4.74 Å². The van der Waals surface area contributed by atoms with Crippen molar-refractivity contribution in [2.75, 3.05) is 26.2 Å². The number of aliphatic hydroxyl groups excluding tert-OH is 1. The molecule has 1 unspecified atom stereocenters. The van der Waals surface area contributed by atoms with E-state index in [1.165, 1.54) is 18.4 Å². The van der Waals surface area contributed by atoms with Gasteiger partial charge < -0.3 is 24.1 Å². The largest absolute Gasteiger partial charge is 0.503 e. The van der Waals surface area contributed by atoms with Crippen molar-refractivity contribution in [3.63, 3.8) is 0 Å². The Morgan fingerprint density at radius 2 is 1.91 bits per heavy atom. The molecule has 1 N–H and O–H groups in total. The summed E-state index contributed by atoms with van der Waals surface area (Å²) in [6, 6.07) is 10.1. The molecule has 0 fully saturated rings. The maximum absolute atomic E-state index is 13.1. The van der Waals surface area contributed by atoms with Crippen molar-refractivity contribution in [1.82, 2.24) is 9.80 Å². The van der Waals surface area contributed by atoms with Gasteiger partial charge in [-0.3, -0.25) is 9.59 Å². The highest BCUT2D eigenvalue weighted by Gasteiger charge is 2.42. The molecule has 0 spiro atoms. The zero-order valence-corrected chi connectivity index (χ0v) is 19.7. The van der Waals surface area contributed by atoms with Crippen LogP contribution in [0.15, 0.2) is 64.5 Å². The van der Waals surface area contributed by atoms with Gasteiger partial charge in [-0.25, -0.2) is 0 Å². The summed E-state index contributed by atoms with van der Waals surface area (Å²) in [7, 11) is 0. The molecule has 2 aromatic rings. The molecule has 1 aliphatic heterocycles. The topological polar surface area (TPSA) is 83.2 Å². The summed E-state index contributed by atoms with van der Waals surface area (Å²) in [6.45, 7) is 10.7. The number of ketones is 1. The van der Waals surface area contributed by atoms with Crippen LogP contribution in [-0.4, -0.2) is 58.9 Å². The Hall–Kier alpha value is -3.32. The van der Waals surface area contributed by atoms with E-state index in [1.807, 2.05) is 38.1 Å². The van der Waals surface area contributed by atoms with Crippen LogP contribution >= 0.6 is 0 Å². The van der Waals surface area contributed by atoms with Gasteiger partial charge in [0.1, 0.15) is 11.5 Å². The fourth-order valence-corrected chi connectivity index (χ4v) is 3.91. The highest BCUT2D eigenvalue weighted by atomic mass is 16.5. The van der Waals surface area contributed by atoms with E-state index in [0.717, 1.165) is 18.7 Å². The van der Waals surface area contributed by atoms with Gasteiger partial charge in [-0.1, -0.05) is 26.0 Å². The van der Waals surface area contributed by atoms with Gasteiger partial charge in [0, 0.05) is 13.1 Å². The molecule has 33 heavy (non-hydrogen) atoms. The number of allylic oxidation sites excluding steroid dienone is 1. The van der Waals surface area contributed by atoms with Crippen LogP contribution in [0.5, 0.6) is 5.75 Å². The number of nitrogens with zero attached hydrogens (tertiary/aromatic N) is 2. The van der Waals surface area contributed by atoms with Crippen molar-refractivity contribution in [3.8, 4) is 5.75 Å². The number of rotatable bonds is 11. The Morgan fingerprint density at radius 1 is 1.21 bits per heavy atom. The smallest absolute Gasteiger partial charge is 0.290 e. The van der Waals surface area contributed by atoms with Gasteiger partial charge in [0.2, 0.25) is 0 Å². The Balaban J connectivity index is 1.94. The molecule has 0 bridgehead atoms. The van der Waals surface area contributed by atoms with Crippen molar-refractivity contribution in [1.29, 1.82) is 0 Å². The maximum atomic E-state index is 13.1. The molecule has 1 amide bonds. The Morgan fingerprint density at radius 3 is 2.48 bits per heavy atom. The number of amides is 1. The molecule has 3 rings (SSSR count). The Bertz CT molecular complexity index is 1000. The van der Waals surface area contributed by atoms with Crippen molar-refractivity contribution >= 4 is 17.8 Å². The predicted octanol–water partition coefficient (Wildman–Crippen LogP) is 4.39. The summed E-state index contributed by atoms with van der Waals surface area (Å²) >= 11 is 0. The molecule has 0 saturated carbocycles. The monoisotopic (exact) mass is 452 g/mol. The highest BCUT2D eigenvalue weighted by Crippen LogP contribution is 2.38. The minimum atomic E-state index is -0.685. The first-order chi connectivity index (χ1) is 15.8. The van der Waals surface area contributed by atoms with Crippen molar-refractivity contribution in [2.24, 2.45) is 0 Å². The second-order valence-corrected chi connectivity index (χ2v) is 8.14. The van der Waals surface area contributed by atoms with Crippen LogP contribution in [0.25, 0.3) is 6.08 Å². The molecule has 1 aliphatic rings. The lowest BCUT2D eigenvalue weighted by molar-refractivity contribution is -0.129. The lowest BCUT2D eigenvalue weighted by atomic mass is 9.95. The quantitative estimate of drug-likeness (QED) is 0.509. The van der Waals surface area contributed by atoms with E-state index in [0.29, 0.717) is 24.6 Å². The third kappa shape index (κ3) is 5.73. The molecule has 1 atom stereocenters. The van der Waals surface area contributed by atoms with Gasteiger partial charge in [-0.2, -0.15) is 0 Å². The van der Waals surface area contributed by atoms with Crippen LogP contribution in [0.1, 0.15) is 45.1 Å². The number of carbonyl (C=O) groups excluding carboxylic acids is 2. The molecular weight excluding hydrogens is 420 g/mol. The lowest BCUT2D eigenvalue weighted by Gasteiger charge is -2.29. The summed E-state index contributed by atoms with van der Waals surface area (Å²) in [4.78, 5) is 29.9. The first-order valence-corrected chi connectivity index (χ1v) is 11.3. The average molecular weight is 453 g/mol. The number of likely N-dealkylation sites (N-methyl/N-ethyl adjacent to an activating group) is 1. The van der Waals surface area contributed by atoms with E-state index in [4.69, 9.17) is 9.15 Å². The van der Waals surface area contributed by atoms with Crippen LogP contribution in [0.3, 0.4) is 0 Å². The van der Waals surface area contributed by atoms with Crippen LogP contribution in [0, 0.1) is 0 Å². The molecule has 0 saturated heterocycles. The second kappa shape index (κ2) is 11.0. The summed E-state index contributed by atoms with van der Waals surface area (Å²) in [5, 5.41) is 10.7. The molecule has 1 aromatic carbocycles. The number of hydrogen-bond donors (Lipinski definition) is 1. The first kappa shape index (κ1) is 24.3. The number of aliphatic hydroxyl groups is 1. The third-order valence-electron chi connectivity index (χ3n) is 5.63. The Labute approximate surface area is 194 Å². The average Bonchev–Trinajstić information content (AvgIpc) is 3.40. The van der Waals surface area contributed by atoms with Crippen molar-refractivity contribution < 1.29 is 23.8 Å². The second-order valence-electron chi connectivity index (χ2n) is 8.14. The summed E-state index contributed by atoms with van der Waals surface area (Å²) in [5.74, 6) is -0.264. The van der Waals surface area contributed by atoms with Gasteiger partial charge in [-0.05, 0) is 68.9 Å². The number of carbonyl (C=O) groups is 2. The minimum absolute atomic E-state index is 0.0299. The fraction of sp³-hybridized carbons (Fsp3) is 0.385. The minimum Gasteiger partial charge on any atom is -0.503 e. The lowest BCUT2D eigenvalue weighted by Crippen LogP contribution is -2.38. The molecule has 7 heteroatoms. The SMILES string of the molecule is CCN(CC)CCN1C(=O)C(O)=C(C(=O)/C=C/c2ccco2)C1c1ccc(OC(C)C)cc1. The molecule has 0 radical (unpaired) electrons.